The molecule has 0 saturated heterocycles. The zero-order valence-corrected chi connectivity index (χ0v) is 35.4. The van der Waals surface area contributed by atoms with Crippen LogP contribution in [0.4, 0.5) is 0 Å². The van der Waals surface area contributed by atoms with Crippen molar-refractivity contribution in [3.63, 3.8) is 0 Å². The molecule has 302 valence electrons. The molecule has 0 bridgehead atoms. The van der Waals surface area contributed by atoms with Crippen LogP contribution in [0, 0.1) is 0 Å². The first-order valence-electron chi connectivity index (χ1n) is 22.2. The van der Waals surface area contributed by atoms with Crippen molar-refractivity contribution in [3.05, 3.63) is 237 Å². The first-order chi connectivity index (χ1) is 32.2. The molecule has 0 saturated carbocycles. The van der Waals surface area contributed by atoms with Gasteiger partial charge in [0.05, 0.1) is 34.0 Å². The standard InChI is InChI=1S/C62H39N3/c1-2-12-50-45(10-1)11-9-18-51(50)46-32-35-49(36-33-46)65-59-19-8-7-15-54(59)57-38-48(34-37-60(57)65)44-26-24-42(25-27-44)40-20-22-41(23-21-40)43-28-30-47(31-29-43)58-39-63-61-55-16-5-3-13-52(55)53-14-4-6-17-56(53)62(61)64-58/h1-39H. The summed E-state index contributed by atoms with van der Waals surface area (Å²) in [7, 11) is 0. The molecule has 0 unspecified atom stereocenters. The molecule has 13 rings (SSSR count). The van der Waals surface area contributed by atoms with Gasteiger partial charge in [-0.25, -0.2) is 4.98 Å². The zero-order chi connectivity index (χ0) is 42.8. The maximum Gasteiger partial charge on any atom is 0.0979 e. The van der Waals surface area contributed by atoms with E-state index in [1.807, 2.05) is 6.20 Å². The fourth-order valence-electron chi connectivity index (χ4n) is 10.0. The Hall–Kier alpha value is -8.66. The summed E-state index contributed by atoms with van der Waals surface area (Å²) in [6.07, 6.45) is 1.91. The lowest BCUT2D eigenvalue weighted by molar-refractivity contribution is 1.18. The van der Waals surface area contributed by atoms with Crippen LogP contribution < -0.4 is 0 Å². The van der Waals surface area contributed by atoms with Gasteiger partial charge in [-0.2, -0.15) is 0 Å². The van der Waals surface area contributed by atoms with Crippen molar-refractivity contribution >= 4 is 65.2 Å². The van der Waals surface area contributed by atoms with Crippen LogP contribution in [0.3, 0.4) is 0 Å². The Kier molecular flexibility index (Phi) is 8.53. The van der Waals surface area contributed by atoms with Crippen LogP contribution in [0.1, 0.15) is 0 Å². The molecule has 0 spiro atoms. The van der Waals surface area contributed by atoms with Crippen LogP contribution >= 0.6 is 0 Å². The van der Waals surface area contributed by atoms with E-state index in [0.717, 1.165) is 44.3 Å². The summed E-state index contributed by atoms with van der Waals surface area (Å²) in [5, 5.41) is 9.68. The van der Waals surface area contributed by atoms with Crippen LogP contribution in [0.2, 0.25) is 0 Å². The van der Waals surface area contributed by atoms with Gasteiger partial charge in [0.25, 0.3) is 0 Å². The second-order valence-electron chi connectivity index (χ2n) is 16.9. The van der Waals surface area contributed by atoms with Crippen LogP contribution in [-0.4, -0.2) is 14.5 Å². The monoisotopic (exact) mass is 825 g/mol. The molecule has 3 heteroatoms. The summed E-state index contributed by atoms with van der Waals surface area (Å²) in [5.74, 6) is 0. The molecule has 65 heavy (non-hydrogen) atoms. The Morgan fingerprint density at radius 1 is 0.292 bits per heavy atom. The molecule has 0 amide bonds. The predicted octanol–water partition coefficient (Wildman–Crippen LogP) is 16.5. The highest BCUT2D eigenvalue weighted by Crippen LogP contribution is 2.38. The summed E-state index contributed by atoms with van der Waals surface area (Å²) in [6.45, 7) is 0. The van der Waals surface area contributed by atoms with Gasteiger partial charge in [0.15, 0.2) is 0 Å². The highest BCUT2D eigenvalue weighted by molar-refractivity contribution is 6.23. The van der Waals surface area contributed by atoms with Crippen molar-refractivity contribution < 1.29 is 0 Å². The Balaban J connectivity index is 0.757. The Bertz CT molecular complexity index is 3920. The highest BCUT2D eigenvalue weighted by atomic mass is 15.0. The van der Waals surface area contributed by atoms with E-state index >= 15 is 0 Å². The van der Waals surface area contributed by atoms with E-state index in [1.165, 1.54) is 82.3 Å². The van der Waals surface area contributed by atoms with Crippen LogP contribution in [-0.2, 0) is 0 Å². The molecular weight excluding hydrogens is 787 g/mol. The molecule has 0 aliphatic heterocycles. The molecular formula is C62H39N3. The van der Waals surface area contributed by atoms with Crippen LogP contribution in [0.15, 0.2) is 237 Å². The molecule has 2 aromatic heterocycles. The molecule has 11 aromatic carbocycles. The van der Waals surface area contributed by atoms with E-state index in [2.05, 4.69) is 235 Å². The Morgan fingerprint density at radius 2 is 0.754 bits per heavy atom. The van der Waals surface area contributed by atoms with Crippen molar-refractivity contribution in [2.45, 2.75) is 0 Å². The topological polar surface area (TPSA) is 30.7 Å². The minimum absolute atomic E-state index is 0.869. The van der Waals surface area contributed by atoms with Crippen LogP contribution in [0.25, 0.3) is 127 Å². The SMILES string of the molecule is c1ccc2c(-c3ccc(-n4c5ccccc5c5cc(-c6ccc(-c7ccc(-c8ccc(-c9cnc%10c%11ccccc%11c%11ccccc%11c%10n9)cc8)cc7)cc6)ccc54)cc3)cccc2c1. The quantitative estimate of drug-likeness (QED) is 0.156. The van der Waals surface area contributed by atoms with E-state index in [-0.39, 0.29) is 0 Å². The smallest absolute Gasteiger partial charge is 0.0979 e. The van der Waals surface area contributed by atoms with Crippen LogP contribution in [0.5, 0.6) is 0 Å². The lowest BCUT2D eigenvalue weighted by Gasteiger charge is -2.11. The first kappa shape index (κ1) is 36.9. The summed E-state index contributed by atoms with van der Waals surface area (Å²) in [5.41, 5.74) is 16.9. The lowest BCUT2D eigenvalue weighted by atomic mass is 9.97. The van der Waals surface area contributed by atoms with Gasteiger partial charge < -0.3 is 4.57 Å². The number of nitrogens with zero attached hydrogens (tertiary/aromatic N) is 3. The van der Waals surface area contributed by atoms with Gasteiger partial charge in [-0.1, -0.05) is 200 Å². The molecule has 0 fully saturated rings. The van der Waals surface area contributed by atoms with E-state index < -0.39 is 0 Å². The van der Waals surface area contributed by atoms with Crippen molar-refractivity contribution in [1.29, 1.82) is 0 Å². The number of benzene rings is 11. The Labute approximate surface area is 376 Å². The lowest BCUT2D eigenvalue weighted by Crippen LogP contribution is -1.94. The molecule has 2 heterocycles. The summed E-state index contributed by atoms with van der Waals surface area (Å²) in [6, 6.07) is 83.3. The van der Waals surface area contributed by atoms with Crippen molar-refractivity contribution in [3.8, 4) is 61.5 Å². The molecule has 0 radical (unpaired) electrons. The average molecular weight is 826 g/mol. The molecule has 0 aliphatic carbocycles. The number of rotatable bonds is 6. The third-order valence-electron chi connectivity index (χ3n) is 13.3. The predicted molar refractivity (Wildman–Crippen MR) is 274 cm³/mol. The number of fused-ring (bicyclic) bond motifs is 10. The minimum atomic E-state index is 0.869. The number of hydrogen-bond donors (Lipinski definition) is 0. The molecule has 0 N–H and O–H groups in total. The second kappa shape index (κ2) is 15.0. The van der Waals surface area contributed by atoms with Gasteiger partial charge in [0.1, 0.15) is 0 Å². The molecule has 13 aromatic rings. The molecule has 0 atom stereocenters. The third-order valence-corrected chi connectivity index (χ3v) is 13.3. The van der Waals surface area contributed by atoms with E-state index in [0.29, 0.717) is 0 Å². The van der Waals surface area contributed by atoms with Crippen molar-refractivity contribution in [1.82, 2.24) is 14.5 Å². The summed E-state index contributed by atoms with van der Waals surface area (Å²) in [4.78, 5) is 10.2. The summed E-state index contributed by atoms with van der Waals surface area (Å²) >= 11 is 0. The fraction of sp³-hybridized carbons (Fsp3) is 0. The van der Waals surface area contributed by atoms with Gasteiger partial charge in [0.2, 0.25) is 0 Å². The zero-order valence-electron chi connectivity index (χ0n) is 35.4. The van der Waals surface area contributed by atoms with Crippen molar-refractivity contribution in [2.24, 2.45) is 0 Å². The van der Waals surface area contributed by atoms with Gasteiger partial charge in [-0.3, -0.25) is 4.98 Å². The minimum Gasteiger partial charge on any atom is -0.309 e. The van der Waals surface area contributed by atoms with E-state index in [4.69, 9.17) is 9.97 Å². The first-order valence-corrected chi connectivity index (χ1v) is 22.2. The highest BCUT2D eigenvalue weighted by Gasteiger charge is 2.15. The van der Waals surface area contributed by atoms with Gasteiger partial charge in [0, 0.05) is 32.8 Å². The van der Waals surface area contributed by atoms with Gasteiger partial charge in [-0.15, -0.1) is 0 Å². The Morgan fingerprint density at radius 3 is 1.40 bits per heavy atom. The fourth-order valence-corrected chi connectivity index (χ4v) is 10.0. The molecule has 3 nitrogen and oxygen atoms in total. The third kappa shape index (κ3) is 6.20. The maximum absolute atomic E-state index is 5.19. The van der Waals surface area contributed by atoms with E-state index in [1.54, 1.807) is 0 Å². The maximum atomic E-state index is 5.19. The average Bonchev–Trinajstić information content (AvgIpc) is 3.72. The summed E-state index contributed by atoms with van der Waals surface area (Å²) < 4.78 is 2.39. The number of aromatic nitrogens is 3. The molecule has 0 aliphatic rings. The second-order valence-corrected chi connectivity index (χ2v) is 16.9. The largest absolute Gasteiger partial charge is 0.309 e. The van der Waals surface area contributed by atoms with E-state index in [9.17, 15) is 0 Å². The van der Waals surface area contributed by atoms with Gasteiger partial charge in [-0.05, 0) is 96.4 Å². The normalized spacial score (nSPS) is 11.7. The number of hydrogen-bond acceptors (Lipinski definition) is 2. The number of para-hydroxylation sites is 1. The van der Waals surface area contributed by atoms with Crippen molar-refractivity contribution in [2.75, 3.05) is 0 Å². The van der Waals surface area contributed by atoms with Gasteiger partial charge >= 0.3 is 0 Å².